The first-order chi connectivity index (χ1) is 3.77. The maximum atomic E-state index is 11.2. The van der Waals surface area contributed by atoms with Crippen molar-refractivity contribution in [1.82, 2.24) is 4.72 Å². The van der Waals surface area contributed by atoms with Crippen LogP contribution in [-0.4, -0.2) is 22.0 Å². The number of hydrogen-bond donors (Lipinski definition) is 2. The molecule has 0 saturated heterocycles. The SMILES string of the molecule is O=S(O)NCCCF. The van der Waals surface area contributed by atoms with Gasteiger partial charge in [-0.3, -0.25) is 8.94 Å². The quantitative estimate of drug-likeness (QED) is 0.430. The van der Waals surface area contributed by atoms with Crippen molar-refractivity contribution in [3.05, 3.63) is 0 Å². The van der Waals surface area contributed by atoms with Gasteiger partial charge < -0.3 is 0 Å². The van der Waals surface area contributed by atoms with E-state index in [4.69, 9.17) is 4.55 Å². The summed E-state index contributed by atoms with van der Waals surface area (Å²) < 4.78 is 31.1. The molecule has 3 nitrogen and oxygen atoms in total. The zero-order chi connectivity index (χ0) is 6.41. The lowest BCUT2D eigenvalue weighted by Gasteiger charge is -1.92. The molecule has 0 heterocycles. The lowest BCUT2D eigenvalue weighted by atomic mass is 10.5. The Morgan fingerprint density at radius 3 is 2.75 bits per heavy atom. The minimum Gasteiger partial charge on any atom is -0.294 e. The molecule has 0 amide bonds. The highest BCUT2D eigenvalue weighted by Crippen LogP contribution is 1.76. The van der Waals surface area contributed by atoms with Gasteiger partial charge in [-0.05, 0) is 6.42 Å². The maximum absolute atomic E-state index is 11.2. The summed E-state index contributed by atoms with van der Waals surface area (Å²) in [6, 6.07) is 0. The molecule has 0 aliphatic rings. The van der Waals surface area contributed by atoms with Crippen LogP contribution in [0.25, 0.3) is 0 Å². The van der Waals surface area contributed by atoms with Gasteiger partial charge in [-0.2, -0.15) is 0 Å². The molecule has 0 bridgehead atoms. The number of nitrogens with one attached hydrogen (secondary N) is 1. The van der Waals surface area contributed by atoms with Crippen molar-refractivity contribution in [2.45, 2.75) is 6.42 Å². The van der Waals surface area contributed by atoms with Crippen molar-refractivity contribution in [3.63, 3.8) is 0 Å². The molecule has 0 aliphatic carbocycles. The molecular weight excluding hydrogens is 133 g/mol. The monoisotopic (exact) mass is 141 g/mol. The second kappa shape index (κ2) is 5.14. The van der Waals surface area contributed by atoms with E-state index >= 15 is 0 Å². The van der Waals surface area contributed by atoms with E-state index in [9.17, 15) is 8.60 Å². The highest BCUT2D eigenvalue weighted by Gasteiger charge is 1.88. The summed E-state index contributed by atoms with van der Waals surface area (Å²) in [5.74, 6) is 0. The first-order valence-electron chi connectivity index (χ1n) is 2.17. The largest absolute Gasteiger partial charge is 0.294 e. The van der Waals surface area contributed by atoms with E-state index < -0.39 is 17.9 Å². The lowest BCUT2D eigenvalue weighted by Crippen LogP contribution is -2.17. The van der Waals surface area contributed by atoms with Gasteiger partial charge in [0, 0.05) is 6.54 Å². The molecule has 5 heteroatoms. The van der Waals surface area contributed by atoms with Crippen molar-refractivity contribution in [2.75, 3.05) is 13.2 Å². The van der Waals surface area contributed by atoms with Crippen LogP contribution in [0.2, 0.25) is 0 Å². The van der Waals surface area contributed by atoms with Gasteiger partial charge in [0.25, 0.3) is 0 Å². The highest BCUT2D eigenvalue weighted by molar-refractivity contribution is 7.77. The van der Waals surface area contributed by atoms with Gasteiger partial charge in [0.05, 0.1) is 6.67 Å². The van der Waals surface area contributed by atoms with E-state index in [1.807, 2.05) is 0 Å². The molecule has 0 aliphatic heterocycles. The number of hydrogen-bond acceptors (Lipinski definition) is 1. The van der Waals surface area contributed by atoms with Gasteiger partial charge in [-0.1, -0.05) is 0 Å². The Hall–Kier alpha value is -0.0000000000000000555. The molecule has 0 saturated carbocycles. The van der Waals surface area contributed by atoms with E-state index in [2.05, 4.69) is 4.72 Å². The van der Waals surface area contributed by atoms with E-state index in [1.165, 1.54) is 0 Å². The third kappa shape index (κ3) is 6.00. The zero-order valence-electron chi connectivity index (χ0n) is 4.26. The minimum atomic E-state index is -1.98. The predicted octanol–water partition coefficient (Wildman–Crippen LogP) is 0.0723. The first-order valence-corrected chi connectivity index (χ1v) is 3.28. The molecule has 0 aromatic rings. The average Bonchev–Trinajstić information content (AvgIpc) is 1.66. The Morgan fingerprint density at radius 1 is 1.75 bits per heavy atom. The fourth-order valence-corrected chi connectivity index (χ4v) is 0.545. The summed E-state index contributed by atoms with van der Waals surface area (Å²) >= 11 is -1.98. The molecule has 2 N–H and O–H groups in total. The predicted molar refractivity (Wildman–Crippen MR) is 29.4 cm³/mol. The average molecular weight is 141 g/mol. The third-order valence-corrected chi connectivity index (χ3v) is 0.987. The highest BCUT2D eigenvalue weighted by atomic mass is 32.2. The van der Waals surface area contributed by atoms with Crippen LogP contribution in [-0.2, 0) is 11.3 Å². The fraction of sp³-hybridized carbons (Fsp3) is 1.00. The standard InChI is InChI=1S/C3H8FNO2S/c4-2-1-3-5-8(6)7/h5H,1-3H2,(H,6,7). The number of rotatable bonds is 4. The smallest absolute Gasteiger partial charge is 0.231 e. The molecule has 0 aromatic carbocycles. The number of alkyl halides is 1. The summed E-state index contributed by atoms with van der Waals surface area (Å²) in [5.41, 5.74) is 0. The molecular formula is C3H8FNO2S. The Labute approximate surface area is 49.7 Å². The summed E-state index contributed by atoms with van der Waals surface area (Å²) in [6.07, 6.45) is 0.284. The van der Waals surface area contributed by atoms with Gasteiger partial charge in [-0.25, -0.2) is 8.93 Å². The normalized spacial score (nSPS) is 13.8. The van der Waals surface area contributed by atoms with E-state index in [0.717, 1.165) is 0 Å². The first kappa shape index (κ1) is 8.00. The summed E-state index contributed by atoms with van der Waals surface area (Å²) in [4.78, 5) is 0. The summed E-state index contributed by atoms with van der Waals surface area (Å²) in [7, 11) is 0. The van der Waals surface area contributed by atoms with E-state index in [-0.39, 0.29) is 13.0 Å². The van der Waals surface area contributed by atoms with Crippen molar-refractivity contribution >= 4 is 11.3 Å². The molecule has 1 atom stereocenters. The van der Waals surface area contributed by atoms with E-state index in [1.54, 1.807) is 0 Å². The Bertz CT molecular complexity index is 79.7. The van der Waals surface area contributed by atoms with Crippen LogP contribution in [0.5, 0.6) is 0 Å². The van der Waals surface area contributed by atoms with Crippen LogP contribution in [0.3, 0.4) is 0 Å². The molecule has 8 heavy (non-hydrogen) atoms. The van der Waals surface area contributed by atoms with Crippen molar-refractivity contribution in [2.24, 2.45) is 0 Å². The van der Waals surface area contributed by atoms with Gasteiger partial charge in [0.2, 0.25) is 11.3 Å². The molecule has 0 aromatic heterocycles. The fourth-order valence-electron chi connectivity index (χ4n) is 0.226. The topological polar surface area (TPSA) is 49.3 Å². The Morgan fingerprint density at radius 2 is 2.38 bits per heavy atom. The van der Waals surface area contributed by atoms with Gasteiger partial charge in [-0.15, -0.1) is 0 Å². The van der Waals surface area contributed by atoms with Gasteiger partial charge >= 0.3 is 0 Å². The van der Waals surface area contributed by atoms with E-state index in [0.29, 0.717) is 0 Å². The molecule has 0 rings (SSSR count). The van der Waals surface area contributed by atoms with Crippen molar-refractivity contribution < 1.29 is 13.2 Å². The lowest BCUT2D eigenvalue weighted by molar-refractivity contribution is 0.468. The molecule has 0 radical (unpaired) electrons. The van der Waals surface area contributed by atoms with Gasteiger partial charge in [0.1, 0.15) is 0 Å². The van der Waals surface area contributed by atoms with Crippen molar-refractivity contribution in [3.8, 4) is 0 Å². The second-order valence-corrected chi connectivity index (χ2v) is 1.97. The maximum Gasteiger partial charge on any atom is 0.231 e. The van der Waals surface area contributed by atoms with Crippen LogP contribution < -0.4 is 4.72 Å². The van der Waals surface area contributed by atoms with Gasteiger partial charge in [0.15, 0.2) is 0 Å². The second-order valence-electron chi connectivity index (χ2n) is 1.19. The molecule has 0 spiro atoms. The summed E-state index contributed by atoms with van der Waals surface area (Å²) in [5, 5.41) is 0. The van der Waals surface area contributed by atoms with Crippen LogP contribution in [0.4, 0.5) is 4.39 Å². The summed E-state index contributed by atoms with van der Waals surface area (Å²) in [6.45, 7) is -0.205. The van der Waals surface area contributed by atoms with Crippen LogP contribution in [0.1, 0.15) is 6.42 Å². The molecule has 0 fully saturated rings. The Kier molecular flexibility index (Phi) is 5.14. The van der Waals surface area contributed by atoms with Crippen LogP contribution in [0, 0.1) is 0 Å². The molecule has 50 valence electrons. The van der Waals surface area contributed by atoms with Crippen molar-refractivity contribution in [1.29, 1.82) is 0 Å². The third-order valence-electron chi connectivity index (χ3n) is 0.536. The van der Waals surface area contributed by atoms with Crippen LogP contribution in [0.15, 0.2) is 0 Å². The Balaban J connectivity index is 2.82. The van der Waals surface area contributed by atoms with Crippen LogP contribution >= 0.6 is 0 Å². The number of halogens is 1. The molecule has 1 unspecified atom stereocenters. The zero-order valence-corrected chi connectivity index (χ0v) is 5.08. The minimum absolute atomic E-state index is 0.250.